The van der Waals surface area contributed by atoms with Gasteiger partial charge in [-0.3, -0.25) is 19.2 Å². The molecule has 0 radical (unpaired) electrons. The highest BCUT2D eigenvalue weighted by Gasteiger charge is 2.40. The van der Waals surface area contributed by atoms with Gasteiger partial charge >= 0.3 is 0 Å². The zero-order valence-corrected chi connectivity index (χ0v) is 21.6. The van der Waals surface area contributed by atoms with Crippen LogP contribution in [0.4, 0.5) is 4.39 Å². The average molecular weight is 536 g/mol. The molecule has 2 aliphatic rings. The molecule has 0 spiro atoms. The number of aromatic amines is 1. The predicted molar refractivity (Wildman–Crippen MR) is 134 cm³/mol. The van der Waals surface area contributed by atoms with E-state index < -0.39 is 47.1 Å². The molecule has 2 unspecified atom stereocenters. The summed E-state index contributed by atoms with van der Waals surface area (Å²) in [5.74, 6) is -3.17. The smallest absolute Gasteiger partial charge is 0.268 e. The number of H-pyrrole nitrogens is 1. The van der Waals surface area contributed by atoms with Gasteiger partial charge < -0.3 is 31.4 Å². The Balaban J connectivity index is 1.49. The topological polar surface area (TPSA) is 155 Å². The first-order chi connectivity index (χ1) is 17.4. The predicted octanol–water partition coefficient (Wildman–Crippen LogP) is 2.14. The molecule has 2 heterocycles. The Kier molecular flexibility index (Phi) is 7.36. The van der Waals surface area contributed by atoms with E-state index in [1.165, 1.54) is 19.2 Å². The standard InChI is InChI=1S/C25H31ClFN5O5/c1-25(2)10-12(22(34)32-25)7-16(21(28)33)30-23(35)17(6-11-4-5-11)31-24(36)18-8-13-15(29-18)9-14(26)19(27)20(13)37-3/h8-9,11-12,16-17,29H,4-7,10H2,1-3H3,(H2,28,33)(H,30,35)(H,31,36)(H,32,34)/t12-,16?,17?/m1/s1. The number of carbonyl (C=O) groups excluding carboxylic acids is 4. The molecular weight excluding hydrogens is 505 g/mol. The Hall–Kier alpha value is -3.34. The van der Waals surface area contributed by atoms with E-state index in [1.807, 2.05) is 13.8 Å². The maximum Gasteiger partial charge on any atom is 0.268 e. The molecule has 1 saturated carbocycles. The van der Waals surface area contributed by atoms with Crippen molar-refractivity contribution in [2.45, 2.75) is 63.6 Å². The van der Waals surface area contributed by atoms with Crippen molar-refractivity contribution in [3.63, 3.8) is 0 Å². The molecule has 3 atom stereocenters. The molecule has 12 heteroatoms. The molecule has 1 aliphatic carbocycles. The number of benzene rings is 1. The number of methoxy groups -OCH3 is 1. The van der Waals surface area contributed by atoms with Crippen LogP contribution in [-0.4, -0.2) is 53.3 Å². The van der Waals surface area contributed by atoms with Gasteiger partial charge in [-0.05, 0) is 51.2 Å². The highest BCUT2D eigenvalue weighted by atomic mass is 35.5. The highest BCUT2D eigenvalue weighted by Crippen LogP contribution is 2.35. The van der Waals surface area contributed by atoms with Crippen LogP contribution >= 0.6 is 11.6 Å². The number of halogens is 2. The van der Waals surface area contributed by atoms with Crippen LogP contribution in [0.1, 0.15) is 56.4 Å². The van der Waals surface area contributed by atoms with Crippen LogP contribution in [0, 0.1) is 17.7 Å². The number of nitrogens with two attached hydrogens (primary N) is 1. The second-order valence-electron chi connectivity index (χ2n) is 10.5. The van der Waals surface area contributed by atoms with Gasteiger partial charge in [0.25, 0.3) is 5.91 Å². The van der Waals surface area contributed by atoms with E-state index >= 15 is 0 Å². The van der Waals surface area contributed by atoms with Crippen molar-refractivity contribution in [3.05, 3.63) is 28.7 Å². The Morgan fingerprint density at radius 2 is 1.92 bits per heavy atom. The summed E-state index contributed by atoms with van der Waals surface area (Å²) in [7, 11) is 1.29. The van der Waals surface area contributed by atoms with E-state index in [0.717, 1.165) is 12.8 Å². The number of fused-ring (bicyclic) bond motifs is 1. The van der Waals surface area contributed by atoms with E-state index in [9.17, 15) is 23.6 Å². The molecule has 4 rings (SSSR count). The van der Waals surface area contributed by atoms with Gasteiger partial charge in [0.05, 0.1) is 17.6 Å². The molecule has 2 fully saturated rings. The third kappa shape index (κ3) is 5.98. The Bertz CT molecular complexity index is 1260. The minimum Gasteiger partial charge on any atom is -0.493 e. The van der Waals surface area contributed by atoms with Crippen molar-refractivity contribution < 1.29 is 28.3 Å². The van der Waals surface area contributed by atoms with Gasteiger partial charge in [-0.2, -0.15) is 0 Å². The summed E-state index contributed by atoms with van der Waals surface area (Å²) in [6.07, 6.45) is 2.80. The number of rotatable bonds is 10. The van der Waals surface area contributed by atoms with Gasteiger partial charge in [0, 0.05) is 16.8 Å². The number of ether oxygens (including phenoxy) is 1. The fraction of sp³-hybridized carbons (Fsp3) is 0.520. The van der Waals surface area contributed by atoms with Gasteiger partial charge in [0.15, 0.2) is 11.6 Å². The van der Waals surface area contributed by atoms with Crippen molar-refractivity contribution in [1.82, 2.24) is 20.9 Å². The quantitative estimate of drug-likeness (QED) is 0.315. The summed E-state index contributed by atoms with van der Waals surface area (Å²) in [4.78, 5) is 53.6. The summed E-state index contributed by atoms with van der Waals surface area (Å²) in [6, 6.07) is 0.752. The Morgan fingerprint density at radius 3 is 2.49 bits per heavy atom. The monoisotopic (exact) mass is 535 g/mol. The average Bonchev–Trinajstić information content (AvgIpc) is 3.46. The molecule has 1 aromatic carbocycles. The van der Waals surface area contributed by atoms with Crippen molar-refractivity contribution in [2.75, 3.05) is 7.11 Å². The molecule has 0 bridgehead atoms. The molecule has 6 N–H and O–H groups in total. The van der Waals surface area contributed by atoms with Crippen molar-refractivity contribution in [1.29, 1.82) is 0 Å². The van der Waals surface area contributed by atoms with Crippen LogP contribution in [-0.2, 0) is 14.4 Å². The molecule has 200 valence electrons. The third-order valence-electron chi connectivity index (χ3n) is 6.88. The minimum absolute atomic E-state index is 0.0641. The molecule has 1 aliphatic heterocycles. The van der Waals surface area contributed by atoms with Crippen LogP contribution in [0.3, 0.4) is 0 Å². The van der Waals surface area contributed by atoms with Crippen molar-refractivity contribution in [3.8, 4) is 5.75 Å². The number of aromatic nitrogens is 1. The summed E-state index contributed by atoms with van der Waals surface area (Å²) in [6.45, 7) is 3.76. The fourth-order valence-corrected chi connectivity index (χ4v) is 5.05. The number of amides is 4. The van der Waals surface area contributed by atoms with Gasteiger partial charge in [-0.1, -0.05) is 24.4 Å². The molecular formula is C25H31ClFN5O5. The van der Waals surface area contributed by atoms with Crippen LogP contribution in [0.2, 0.25) is 5.02 Å². The van der Waals surface area contributed by atoms with Crippen LogP contribution in [0.25, 0.3) is 10.9 Å². The zero-order chi connectivity index (χ0) is 27.1. The van der Waals surface area contributed by atoms with Gasteiger partial charge in [-0.25, -0.2) is 4.39 Å². The largest absolute Gasteiger partial charge is 0.493 e. The third-order valence-corrected chi connectivity index (χ3v) is 7.15. The first kappa shape index (κ1) is 26.7. The summed E-state index contributed by atoms with van der Waals surface area (Å²) < 4.78 is 19.4. The number of primary amides is 1. The van der Waals surface area contributed by atoms with E-state index in [-0.39, 0.29) is 34.7 Å². The van der Waals surface area contributed by atoms with Crippen molar-refractivity contribution in [2.24, 2.45) is 17.6 Å². The lowest BCUT2D eigenvalue weighted by molar-refractivity contribution is -0.130. The van der Waals surface area contributed by atoms with Crippen molar-refractivity contribution >= 4 is 46.1 Å². The molecule has 10 nitrogen and oxygen atoms in total. The molecule has 37 heavy (non-hydrogen) atoms. The first-order valence-electron chi connectivity index (χ1n) is 12.2. The molecule has 2 aromatic rings. The highest BCUT2D eigenvalue weighted by molar-refractivity contribution is 6.31. The van der Waals surface area contributed by atoms with Crippen LogP contribution < -0.4 is 26.4 Å². The maximum atomic E-state index is 14.3. The lowest BCUT2D eigenvalue weighted by Gasteiger charge is -2.23. The Morgan fingerprint density at radius 1 is 1.22 bits per heavy atom. The number of hydrogen-bond acceptors (Lipinski definition) is 5. The van der Waals surface area contributed by atoms with E-state index in [1.54, 1.807) is 0 Å². The van der Waals surface area contributed by atoms with Gasteiger partial charge in [0.1, 0.15) is 17.8 Å². The minimum atomic E-state index is -1.07. The molecule has 1 saturated heterocycles. The molecule has 1 aromatic heterocycles. The summed E-state index contributed by atoms with van der Waals surface area (Å²) in [5, 5.41) is 8.37. The second kappa shape index (κ2) is 10.2. The summed E-state index contributed by atoms with van der Waals surface area (Å²) in [5.41, 5.74) is 5.61. The van der Waals surface area contributed by atoms with E-state index in [4.69, 9.17) is 22.1 Å². The summed E-state index contributed by atoms with van der Waals surface area (Å²) >= 11 is 5.92. The number of carbonyl (C=O) groups is 4. The zero-order valence-electron chi connectivity index (χ0n) is 20.9. The van der Waals surface area contributed by atoms with Gasteiger partial charge in [0.2, 0.25) is 17.7 Å². The fourth-order valence-electron chi connectivity index (χ4n) is 4.85. The molecule has 4 amide bonds. The van der Waals surface area contributed by atoms with E-state index in [2.05, 4.69) is 20.9 Å². The van der Waals surface area contributed by atoms with Crippen LogP contribution in [0.15, 0.2) is 12.1 Å². The van der Waals surface area contributed by atoms with Crippen LogP contribution in [0.5, 0.6) is 5.75 Å². The SMILES string of the molecule is COc1c(F)c(Cl)cc2[nH]c(C(=O)NC(CC3CC3)C(=O)NC(C[C@@H]3CC(C)(C)NC3=O)C(N)=O)cc12. The van der Waals surface area contributed by atoms with E-state index in [0.29, 0.717) is 23.7 Å². The first-order valence-corrected chi connectivity index (χ1v) is 12.5. The second-order valence-corrected chi connectivity index (χ2v) is 10.9. The lowest BCUT2D eigenvalue weighted by Crippen LogP contribution is -2.53. The number of hydrogen-bond donors (Lipinski definition) is 5. The lowest BCUT2D eigenvalue weighted by atomic mass is 9.91. The normalized spacial score (nSPS) is 20.2. The number of nitrogens with one attached hydrogen (secondary N) is 4. The Labute approximate surface area is 218 Å². The maximum absolute atomic E-state index is 14.3. The van der Waals surface area contributed by atoms with Gasteiger partial charge in [-0.15, -0.1) is 0 Å².